The smallest absolute Gasteiger partial charge is 0.309 e. The summed E-state index contributed by atoms with van der Waals surface area (Å²) in [6.07, 6.45) is -0.333. The van der Waals surface area contributed by atoms with Crippen molar-refractivity contribution in [2.45, 2.75) is 13.0 Å². The highest BCUT2D eigenvalue weighted by Gasteiger charge is 2.11. The molecule has 4 N–H and O–H groups in total. The molecule has 0 spiro atoms. The van der Waals surface area contributed by atoms with Crippen molar-refractivity contribution in [1.29, 1.82) is 5.41 Å². The third kappa shape index (κ3) is 5.68. The van der Waals surface area contributed by atoms with Gasteiger partial charge in [-0.2, -0.15) is 0 Å². The molecule has 1 amide bonds. The summed E-state index contributed by atoms with van der Waals surface area (Å²) in [5, 5.41) is 23.6. The number of carbonyl (C=O) groups is 2. The Morgan fingerprint density at radius 3 is 2.27 bits per heavy atom. The van der Waals surface area contributed by atoms with Crippen molar-refractivity contribution in [1.82, 2.24) is 0 Å². The van der Waals surface area contributed by atoms with Gasteiger partial charge in [-0.05, 0) is 48.0 Å². The zero-order valence-corrected chi connectivity index (χ0v) is 16.7. The van der Waals surface area contributed by atoms with Crippen LogP contribution >= 0.6 is 11.6 Å². The van der Waals surface area contributed by atoms with Crippen LogP contribution in [-0.4, -0.2) is 22.7 Å². The third-order valence-electron chi connectivity index (χ3n) is 4.38. The Labute approximate surface area is 179 Å². The number of carboxylic acids is 1. The first-order valence-electron chi connectivity index (χ1n) is 9.21. The van der Waals surface area contributed by atoms with Gasteiger partial charge in [0.05, 0.1) is 12.1 Å². The SMILES string of the molecule is N=C(CC(=O)O)c1ccccc1NCc1ccc(NC(=O)c2ccc(Cl)cc2)cc1. The molecular weight excluding hydrogens is 402 g/mol. The van der Waals surface area contributed by atoms with E-state index in [-0.39, 0.29) is 18.0 Å². The van der Waals surface area contributed by atoms with E-state index in [1.165, 1.54) is 0 Å². The van der Waals surface area contributed by atoms with Gasteiger partial charge >= 0.3 is 5.97 Å². The highest BCUT2D eigenvalue weighted by atomic mass is 35.5. The maximum Gasteiger partial charge on any atom is 0.309 e. The van der Waals surface area contributed by atoms with Crippen molar-refractivity contribution in [2.24, 2.45) is 0 Å². The molecule has 0 saturated carbocycles. The minimum Gasteiger partial charge on any atom is -0.481 e. The van der Waals surface area contributed by atoms with Crippen molar-refractivity contribution in [3.63, 3.8) is 0 Å². The summed E-state index contributed by atoms with van der Waals surface area (Å²) < 4.78 is 0. The van der Waals surface area contributed by atoms with Crippen LogP contribution in [0.3, 0.4) is 0 Å². The predicted molar refractivity (Wildman–Crippen MR) is 119 cm³/mol. The van der Waals surface area contributed by atoms with Crippen molar-refractivity contribution < 1.29 is 14.7 Å². The molecule has 0 unspecified atom stereocenters. The Bertz CT molecular complexity index is 1060. The molecule has 0 fully saturated rings. The number of amides is 1. The molecule has 0 aliphatic carbocycles. The molecule has 0 aromatic heterocycles. The number of nitrogens with one attached hydrogen (secondary N) is 3. The molecule has 3 aromatic rings. The first-order chi connectivity index (χ1) is 14.4. The number of benzene rings is 3. The topological polar surface area (TPSA) is 102 Å². The highest BCUT2D eigenvalue weighted by Crippen LogP contribution is 2.19. The number of hydrogen-bond donors (Lipinski definition) is 4. The van der Waals surface area contributed by atoms with Crippen LogP contribution in [0.2, 0.25) is 5.02 Å². The van der Waals surface area contributed by atoms with Gasteiger partial charge in [-0.15, -0.1) is 0 Å². The number of carboxylic acid groups (broad SMARTS) is 1. The zero-order valence-electron chi connectivity index (χ0n) is 16.0. The van der Waals surface area contributed by atoms with Crippen LogP contribution in [0.25, 0.3) is 0 Å². The fourth-order valence-electron chi connectivity index (χ4n) is 2.85. The molecule has 0 heterocycles. The maximum atomic E-state index is 12.3. The molecule has 0 bridgehead atoms. The second-order valence-electron chi connectivity index (χ2n) is 6.61. The van der Waals surface area contributed by atoms with Gasteiger partial charge in [0.25, 0.3) is 5.91 Å². The van der Waals surface area contributed by atoms with E-state index in [4.69, 9.17) is 22.1 Å². The van der Waals surface area contributed by atoms with Crippen LogP contribution in [0.15, 0.2) is 72.8 Å². The molecule has 0 aliphatic heterocycles. The minimum atomic E-state index is -1.04. The predicted octanol–water partition coefficient (Wildman–Crippen LogP) is 5.05. The summed E-state index contributed by atoms with van der Waals surface area (Å²) in [4.78, 5) is 23.2. The lowest BCUT2D eigenvalue weighted by Crippen LogP contribution is -2.12. The lowest BCUT2D eigenvalue weighted by molar-refractivity contribution is -0.135. The van der Waals surface area contributed by atoms with Gasteiger partial charge in [-0.25, -0.2) is 0 Å². The molecule has 30 heavy (non-hydrogen) atoms. The van der Waals surface area contributed by atoms with Crippen LogP contribution in [0.4, 0.5) is 11.4 Å². The van der Waals surface area contributed by atoms with Gasteiger partial charge in [0.2, 0.25) is 0 Å². The molecule has 3 rings (SSSR count). The van der Waals surface area contributed by atoms with E-state index in [2.05, 4.69) is 10.6 Å². The fraction of sp³-hybridized carbons (Fsp3) is 0.0870. The Morgan fingerprint density at radius 1 is 0.933 bits per heavy atom. The summed E-state index contributed by atoms with van der Waals surface area (Å²) >= 11 is 5.84. The van der Waals surface area contributed by atoms with Gasteiger partial charge in [-0.3, -0.25) is 9.59 Å². The van der Waals surface area contributed by atoms with Crippen molar-refractivity contribution >= 4 is 40.6 Å². The summed E-state index contributed by atoms with van der Waals surface area (Å²) in [7, 11) is 0. The summed E-state index contributed by atoms with van der Waals surface area (Å²) in [5.74, 6) is -1.26. The minimum absolute atomic E-state index is 0.0471. The van der Waals surface area contributed by atoms with E-state index in [9.17, 15) is 9.59 Å². The molecule has 0 saturated heterocycles. The fourth-order valence-corrected chi connectivity index (χ4v) is 2.98. The Morgan fingerprint density at radius 2 is 1.60 bits per heavy atom. The van der Waals surface area contributed by atoms with E-state index < -0.39 is 5.97 Å². The summed E-state index contributed by atoms with van der Waals surface area (Å²) in [6, 6.07) is 21.2. The molecule has 7 heteroatoms. The van der Waals surface area contributed by atoms with Gasteiger partial charge in [0, 0.05) is 34.1 Å². The molecule has 152 valence electrons. The average Bonchev–Trinajstić information content (AvgIpc) is 2.73. The molecule has 0 aliphatic rings. The number of carbonyl (C=O) groups excluding carboxylic acids is 1. The van der Waals surface area contributed by atoms with E-state index in [1.807, 2.05) is 36.4 Å². The van der Waals surface area contributed by atoms with E-state index >= 15 is 0 Å². The van der Waals surface area contributed by atoms with E-state index in [0.29, 0.717) is 34.1 Å². The number of halogens is 1. The molecule has 0 atom stereocenters. The van der Waals surface area contributed by atoms with Crippen LogP contribution in [0, 0.1) is 5.41 Å². The lowest BCUT2D eigenvalue weighted by atomic mass is 10.0. The first kappa shape index (κ1) is 21.1. The van der Waals surface area contributed by atoms with Crippen molar-refractivity contribution in [2.75, 3.05) is 10.6 Å². The quantitative estimate of drug-likeness (QED) is 0.382. The van der Waals surface area contributed by atoms with Crippen LogP contribution in [0.1, 0.15) is 27.9 Å². The van der Waals surface area contributed by atoms with E-state index in [0.717, 1.165) is 5.56 Å². The Hall–Kier alpha value is -3.64. The third-order valence-corrected chi connectivity index (χ3v) is 4.63. The molecule has 3 aromatic carbocycles. The second kappa shape index (κ2) is 9.71. The normalized spacial score (nSPS) is 10.3. The van der Waals surface area contributed by atoms with Crippen molar-refractivity contribution in [3.05, 3.63) is 94.5 Å². The van der Waals surface area contributed by atoms with Gasteiger partial charge in [0.1, 0.15) is 0 Å². The van der Waals surface area contributed by atoms with Crippen LogP contribution in [0.5, 0.6) is 0 Å². The number of para-hydroxylation sites is 1. The number of rotatable bonds is 8. The Kier molecular flexibility index (Phi) is 6.83. The number of aliphatic carboxylic acids is 1. The largest absolute Gasteiger partial charge is 0.481 e. The van der Waals surface area contributed by atoms with Crippen molar-refractivity contribution in [3.8, 4) is 0 Å². The monoisotopic (exact) mass is 421 g/mol. The van der Waals surface area contributed by atoms with Gasteiger partial charge in [0.15, 0.2) is 0 Å². The molecule has 6 nitrogen and oxygen atoms in total. The maximum absolute atomic E-state index is 12.3. The second-order valence-corrected chi connectivity index (χ2v) is 7.04. The first-order valence-corrected chi connectivity index (χ1v) is 9.58. The van der Waals surface area contributed by atoms with Crippen LogP contribution < -0.4 is 10.6 Å². The Balaban J connectivity index is 1.61. The van der Waals surface area contributed by atoms with E-state index in [1.54, 1.807) is 36.4 Å². The van der Waals surface area contributed by atoms with Gasteiger partial charge in [-0.1, -0.05) is 41.9 Å². The number of hydrogen-bond acceptors (Lipinski definition) is 4. The molecular formula is C23H20ClN3O3. The van der Waals surface area contributed by atoms with Crippen LogP contribution in [-0.2, 0) is 11.3 Å². The lowest BCUT2D eigenvalue weighted by Gasteiger charge is -2.13. The summed E-state index contributed by atoms with van der Waals surface area (Å²) in [5.41, 5.74) is 3.47. The average molecular weight is 422 g/mol. The standard InChI is InChI=1S/C23H20ClN3O3/c24-17-9-7-16(8-10-17)23(30)27-18-11-5-15(6-12-18)14-26-21-4-2-1-3-19(21)20(25)13-22(28)29/h1-12,25-26H,13-14H2,(H,27,30)(H,28,29). The molecule has 0 radical (unpaired) electrons. The number of anilines is 2. The highest BCUT2D eigenvalue weighted by molar-refractivity contribution is 6.30. The zero-order chi connectivity index (χ0) is 21.5. The summed E-state index contributed by atoms with van der Waals surface area (Å²) in [6.45, 7) is 0.489. The van der Waals surface area contributed by atoms with Gasteiger partial charge < -0.3 is 21.1 Å².